The van der Waals surface area contributed by atoms with Crippen LogP contribution in [0.3, 0.4) is 0 Å². The van der Waals surface area contributed by atoms with E-state index < -0.39 is 6.19 Å². The highest BCUT2D eigenvalue weighted by Gasteiger charge is 2.37. The smallest absolute Gasteiger partial charge is 0.180 e. The quantitative estimate of drug-likeness (QED) is 0.476. The summed E-state index contributed by atoms with van der Waals surface area (Å²) < 4.78 is 0. The summed E-state index contributed by atoms with van der Waals surface area (Å²) >= 11 is 6.02. The van der Waals surface area contributed by atoms with Gasteiger partial charge in [-0.1, -0.05) is 50.3 Å². The molecule has 2 saturated carbocycles. The molecule has 0 radical (unpaired) electrons. The predicted molar refractivity (Wildman–Crippen MR) is 76.8 cm³/mol. The van der Waals surface area contributed by atoms with Crippen LogP contribution in [0, 0.1) is 11.5 Å². The monoisotopic (exact) mass is 270 g/mol. The van der Waals surface area contributed by atoms with Crippen molar-refractivity contribution in [3.8, 4) is 6.19 Å². The number of rotatable bonds is 3. The molecule has 2 fully saturated rings. The van der Waals surface area contributed by atoms with Crippen LogP contribution in [-0.4, -0.2) is 11.3 Å². The normalized spacial score (nSPS) is 24.2. The van der Waals surface area contributed by atoms with E-state index in [4.69, 9.17) is 17.1 Å². The fraction of sp³-hybridized carbons (Fsp3) is 0.923. The van der Waals surface area contributed by atoms with Gasteiger partial charge in [0, 0.05) is 17.5 Å². The van der Waals surface area contributed by atoms with Gasteiger partial charge in [-0.15, -0.1) is 0 Å². The van der Waals surface area contributed by atoms with Gasteiger partial charge in [0.05, 0.1) is 0 Å². The van der Waals surface area contributed by atoms with Crippen molar-refractivity contribution in [2.45, 2.75) is 75.5 Å². The minimum Gasteiger partial charge on any atom is -0.294 e. The molecular weight excluding hydrogens is 247 g/mol. The lowest BCUT2D eigenvalue weighted by Gasteiger charge is -2.40. The number of nitrogens with one attached hydrogen (secondary N) is 1. The van der Waals surface area contributed by atoms with Gasteiger partial charge >= 0.3 is 0 Å². The molecule has 96 valence electrons. The lowest BCUT2D eigenvalue weighted by Crippen LogP contribution is -2.29. The van der Waals surface area contributed by atoms with E-state index in [0.717, 1.165) is 0 Å². The second-order valence-corrected chi connectivity index (χ2v) is 10.4. The zero-order valence-electron chi connectivity index (χ0n) is 10.5. The largest absolute Gasteiger partial charge is 0.294 e. The van der Waals surface area contributed by atoms with E-state index in [1.807, 2.05) is 0 Å². The second-order valence-electron chi connectivity index (χ2n) is 5.52. The third kappa shape index (κ3) is 3.04. The lowest BCUT2D eigenvalue weighted by molar-refractivity contribution is 0.482. The Labute approximate surface area is 110 Å². The molecule has 0 amide bonds. The van der Waals surface area contributed by atoms with Gasteiger partial charge in [0.25, 0.3) is 0 Å². The van der Waals surface area contributed by atoms with Gasteiger partial charge < -0.3 is 0 Å². The van der Waals surface area contributed by atoms with Crippen molar-refractivity contribution < 1.29 is 0 Å². The van der Waals surface area contributed by atoms with Crippen molar-refractivity contribution in [2.24, 2.45) is 0 Å². The van der Waals surface area contributed by atoms with Crippen LogP contribution < -0.4 is 5.09 Å². The standard InChI is InChI=1S/C13H23N2PS/c14-11-15-16(17,12-7-3-1-4-8-12)13-9-5-2-6-10-13/h12-13H,1-10H2,(H,15,17). The summed E-state index contributed by atoms with van der Waals surface area (Å²) in [5.41, 5.74) is 1.29. The van der Waals surface area contributed by atoms with Crippen molar-refractivity contribution in [3.63, 3.8) is 0 Å². The first-order chi connectivity index (χ1) is 8.27. The summed E-state index contributed by atoms with van der Waals surface area (Å²) in [5, 5.41) is 12.2. The van der Waals surface area contributed by atoms with Crippen molar-refractivity contribution in [1.82, 2.24) is 5.09 Å². The van der Waals surface area contributed by atoms with Crippen LogP contribution in [0.1, 0.15) is 64.2 Å². The molecule has 2 aliphatic carbocycles. The Hall–Kier alpha value is -0.0600. The van der Waals surface area contributed by atoms with Crippen molar-refractivity contribution in [3.05, 3.63) is 0 Å². The molecule has 0 spiro atoms. The molecule has 17 heavy (non-hydrogen) atoms. The third-order valence-corrected chi connectivity index (χ3v) is 10.2. The number of hydrogen-bond donors (Lipinski definition) is 1. The maximum atomic E-state index is 9.06. The van der Waals surface area contributed by atoms with Crippen LogP contribution in [-0.2, 0) is 11.8 Å². The molecule has 2 aliphatic rings. The molecule has 0 unspecified atom stereocenters. The summed E-state index contributed by atoms with van der Waals surface area (Å²) in [4.78, 5) is 0. The first-order valence-electron chi connectivity index (χ1n) is 7.03. The Morgan fingerprint density at radius 3 is 1.65 bits per heavy atom. The summed E-state index contributed by atoms with van der Waals surface area (Å²) in [6, 6.07) is 0. The van der Waals surface area contributed by atoms with E-state index in [2.05, 4.69) is 11.3 Å². The molecule has 4 heteroatoms. The Balaban J connectivity index is 2.12. The zero-order valence-corrected chi connectivity index (χ0v) is 12.2. The van der Waals surface area contributed by atoms with Gasteiger partial charge in [0.1, 0.15) is 0 Å². The minimum atomic E-state index is -1.65. The van der Waals surface area contributed by atoms with E-state index in [1.165, 1.54) is 64.2 Å². The number of nitriles is 1. The summed E-state index contributed by atoms with van der Waals surface area (Å²) in [5.74, 6) is 0. The highest BCUT2D eigenvalue weighted by Crippen LogP contribution is 2.59. The van der Waals surface area contributed by atoms with E-state index in [-0.39, 0.29) is 0 Å². The molecule has 0 aromatic carbocycles. The van der Waals surface area contributed by atoms with E-state index >= 15 is 0 Å². The third-order valence-electron chi connectivity index (χ3n) is 4.46. The van der Waals surface area contributed by atoms with Crippen molar-refractivity contribution in [1.29, 1.82) is 5.26 Å². The average molecular weight is 270 g/mol. The van der Waals surface area contributed by atoms with E-state index in [9.17, 15) is 0 Å². The van der Waals surface area contributed by atoms with Gasteiger partial charge in [0.2, 0.25) is 0 Å². The molecule has 0 saturated heterocycles. The van der Waals surface area contributed by atoms with Crippen LogP contribution in [0.25, 0.3) is 0 Å². The SMILES string of the molecule is N#CNP(=S)(C1CCCCC1)C1CCCCC1. The Morgan fingerprint density at radius 1 is 0.882 bits per heavy atom. The highest BCUT2D eigenvalue weighted by molar-refractivity contribution is 8.14. The number of nitrogens with zero attached hydrogens (tertiary/aromatic N) is 1. The molecule has 0 heterocycles. The van der Waals surface area contributed by atoms with Crippen LogP contribution in [0.5, 0.6) is 0 Å². The molecule has 0 aromatic rings. The van der Waals surface area contributed by atoms with E-state index in [1.54, 1.807) is 0 Å². The van der Waals surface area contributed by atoms with Gasteiger partial charge in [-0.25, -0.2) is 0 Å². The van der Waals surface area contributed by atoms with Gasteiger partial charge in [-0.3, -0.25) is 5.09 Å². The highest BCUT2D eigenvalue weighted by atomic mass is 32.4. The molecule has 0 bridgehead atoms. The molecule has 2 rings (SSSR count). The summed E-state index contributed by atoms with van der Waals surface area (Å²) in [6.07, 6.45) is 13.6. The van der Waals surface area contributed by atoms with E-state index in [0.29, 0.717) is 11.3 Å². The molecule has 2 nitrogen and oxygen atoms in total. The summed E-state index contributed by atoms with van der Waals surface area (Å²) in [6.45, 7) is 0. The topological polar surface area (TPSA) is 35.8 Å². The first kappa shape index (κ1) is 13.4. The maximum absolute atomic E-state index is 9.06. The van der Waals surface area contributed by atoms with Crippen molar-refractivity contribution in [2.75, 3.05) is 0 Å². The number of hydrogen-bond acceptors (Lipinski definition) is 2. The molecule has 0 aromatic heterocycles. The molecule has 1 N–H and O–H groups in total. The molecular formula is C13H23N2PS. The van der Waals surface area contributed by atoms with Crippen LogP contribution in [0.2, 0.25) is 0 Å². The fourth-order valence-corrected chi connectivity index (χ4v) is 8.26. The minimum absolute atomic E-state index is 0.647. The van der Waals surface area contributed by atoms with Crippen LogP contribution >= 0.6 is 6.19 Å². The predicted octanol–water partition coefficient (Wildman–Crippen LogP) is 4.12. The first-order valence-corrected chi connectivity index (χ1v) is 9.97. The Bertz CT molecular complexity index is 303. The fourth-order valence-electron chi connectivity index (χ4n) is 3.49. The summed E-state index contributed by atoms with van der Waals surface area (Å²) in [7, 11) is 0. The van der Waals surface area contributed by atoms with Crippen LogP contribution in [0.15, 0.2) is 0 Å². The molecule has 0 aliphatic heterocycles. The zero-order chi connectivity index (χ0) is 12.1. The second kappa shape index (κ2) is 6.21. The van der Waals surface area contributed by atoms with Gasteiger partial charge in [-0.05, 0) is 25.7 Å². The Morgan fingerprint density at radius 2 is 1.29 bits per heavy atom. The van der Waals surface area contributed by atoms with Crippen LogP contribution in [0.4, 0.5) is 0 Å². The average Bonchev–Trinajstić information content (AvgIpc) is 2.41. The van der Waals surface area contributed by atoms with Gasteiger partial charge in [0.15, 0.2) is 6.19 Å². The van der Waals surface area contributed by atoms with Crippen molar-refractivity contribution >= 4 is 18.0 Å². The lowest BCUT2D eigenvalue weighted by atomic mass is 10.00. The van der Waals surface area contributed by atoms with Gasteiger partial charge in [-0.2, -0.15) is 5.26 Å². The maximum Gasteiger partial charge on any atom is 0.180 e. The molecule has 0 atom stereocenters. The Kier molecular flexibility index (Phi) is 4.88.